The molecule has 1 saturated heterocycles. The fourth-order valence-corrected chi connectivity index (χ4v) is 3.16. The molecule has 4 rings (SSSR count). The highest BCUT2D eigenvalue weighted by Crippen LogP contribution is 2.33. The van der Waals surface area contributed by atoms with Gasteiger partial charge in [-0.3, -0.25) is 4.79 Å². The summed E-state index contributed by atoms with van der Waals surface area (Å²) in [4.78, 5) is 12.5. The third-order valence-electron chi connectivity index (χ3n) is 4.53. The second-order valence-electron chi connectivity index (χ2n) is 6.36. The Morgan fingerprint density at radius 1 is 1.07 bits per heavy atom. The van der Waals surface area contributed by atoms with Crippen molar-refractivity contribution in [2.24, 2.45) is 0 Å². The summed E-state index contributed by atoms with van der Waals surface area (Å²) >= 11 is 0. The van der Waals surface area contributed by atoms with E-state index in [4.69, 9.17) is 18.9 Å². The third-order valence-corrected chi connectivity index (χ3v) is 4.53. The highest BCUT2D eigenvalue weighted by molar-refractivity contribution is 5.94. The molecular formula is C21H21NO5. The zero-order chi connectivity index (χ0) is 18.6. The Morgan fingerprint density at radius 3 is 2.48 bits per heavy atom. The van der Waals surface area contributed by atoms with E-state index in [1.54, 1.807) is 19.2 Å². The lowest BCUT2D eigenvalue weighted by Crippen LogP contribution is -2.51. The maximum absolute atomic E-state index is 12.5. The van der Waals surface area contributed by atoms with Gasteiger partial charge >= 0.3 is 0 Å². The number of ether oxygens (including phenoxy) is 4. The van der Waals surface area contributed by atoms with Crippen molar-refractivity contribution in [3.63, 3.8) is 0 Å². The second-order valence-corrected chi connectivity index (χ2v) is 6.36. The van der Waals surface area contributed by atoms with Crippen molar-refractivity contribution < 1.29 is 23.7 Å². The van der Waals surface area contributed by atoms with E-state index in [1.165, 1.54) is 0 Å². The van der Waals surface area contributed by atoms with Crippen molar-refractivity contribution in [1.29, 1.82) is 0 Å². The molecule has 1 fully saturated rings. The van der Waals surface area contributed by atoms with Crippen LogP contribution in [0.2, 0.25) is 0 Å². The molecule has 0 radical (unpaired) electrons. The van der Waals surface area contributed by atoms with Crippen molar-refractivity contribution in [3.8, 4) is 0 Å². The van der Waals surface area contributed by atoms with Gasteiger partial charge in [-0.25, -0.2) is 0 Å². The van der Waals surface area contributed by atoms with Gasteiger partial charge in [0, 0.05) is 18.2 Å². The number of fused-ring (bicyclic) bond motifs is 1. The summed E-state index contributed by atoms with van der Waals surface area (Å²) < 4.78 is 23.1. The van der Waals surface area contributed by atoms with E-state index in [9.17, 15) is 4.79 Å². The Bertz CT molecular complexity index is 808. The van der Waals surface area contributed by atoms with Crippen LogP contribution in [-0.2, 0) is 18.9 Å². The number of benzene rings is 2. The minimum atomic E-state index is -0.619. The first-order chi connectivity index (χ1) is 13.2. The van der Waals surface area contributed by atoms with E-state index in [0.29, 0.717) is 17.9 Å². The van der Waals surface area contributed by atoms with Gasteiger partial charge in [0.1, 0.15) is 17.9 Å². The smallest absolute Gasteiger partial charge is 0.251 e. The van der Waals surface area contributed by atoms with Crippen LogP contribution in [0, 0.1) is 0 Å². The summed E-state index contributed by atoms with van der Waals surface area (Å²) in [5.41, 5.74) is 1.50. The van der Waals surface area contributed by atoms with Crippen LogP contribution in [0.4, 0.5) is 0 Å². The summed E-state index contributed by atoms with van der Waals surface area (Å²) in [6.45, 7) is 0.352. The lowest BCUT2D eigenvalue weighted by atomic mass is 10.1. The van der Waals surface area contributed by atoms with Crippen LogP contribution < -0.4 is 5.32 Å². The monoisotopic (exact) mass is 367 g/mol. The molecule has 2 heterocycles. The van der Waals surface area contributed by atoms with Gasteiger partial charge < -0.3 is 24.3 Å². The number of methoxy groups -OCH3 is 1. The molecule has 2 aromatic carbocycles. The fourth-order valence-electron chi connectivity index (χ4n) is 3.16. The van der Waals surface area contributed by atoms with E-state index >= 15 is 0 Å². The quantitative estimate of drug-likeness (QED) is 0.900. The van der Waals surface area contributed by atoms with E-state index in [1.807, 2.05) is 54.6 Å². The number of hydrogen-bond acceptors (Lipinski definition) is 5. The number of carbonyl (C=O) groups is 1. The SMILES string of the molecule is CO[C@@H]1O[C@H]2CO[C@H](c3ccccc3)OC2=C[C@@H]1NC(=O)c1ccccc1. The average molecular weight is 367 g/mol. The minimum absolute atomic E-state index is 0.201. The Labute approximate surface area is 157 Å². The molecule has 2 aliphatic heterocycles. The molecule has 27 heavy (non-hydrogen) atoms. The Hall–Kier alpha value is -2.67. The van der Waals surface area contributed by atoms with Gasteiger partial charge in [-0.05, 0) is 18.2 Å². The molecule has 0 spiro atoms. The predicted molar refractivity (Wildman–Crippen MR) is 97.7 cm³/mol. The molecule has 0 saturated carbocycles. The van der Waals surface area contributed by atoms with Crippen molar-refractivity contribution in [2.75, 3.05) is 13.7 Å². The molecule has 2 aromatic rings. The Kier molecular flexibility index (Phi) is 5.20. The zero-order valence-electron chi connectivity index (χ0n) is 14.9. The topological polar surface area (TPSA) is 66.0 Å². The summed E-state index contributed by atoms with van der Waals surface area (Å²) in [6.07, 6.45) is 0.371. The number of carbonyl (C=O) groups excluding carboxylic acids is 1. The molecule has 6 heteroatoms. The second kappa shape index (κ2) is 7.92. The molecule has 2 aliphatic rings. The maximum atomic E-state index is 12.5. The Morgan fingerprint density at radius 2 is 1.78 bits per heavy atom. The van der Waals surface area contributed by atoms with E-state index in [-0.39, 0.29) is 12.0 Å². The molecule has 0 aliphatic carbocycles. The molecule has 4 atom stereocenters. The summed E-state index contributed by atoms with van der Waals surface area (Å²) in [6, 6.07) is 18.3. The summed E-state index contributed by atoms with van der Waals surface area (Å²) in [7, 11) is 1.54. The molecule has 1 amide bonds. The van der Waals surface area contributed by atoms with Crippen LogP contribution in [0.25, 0.3) is 0 Å². The average Bonchev–Trinajstić information content (AvgIpc) is 2.74. The van der Waals surface area contributed by atoms with Crippen molar-refractivity contribution in [1.82, 2.24) is 5.32 Å². The van der Waals surface area contributed by atoms with E-state index in [0.717, 1.165) is 5.56 Å². The predicted octanol–water partition coefficient (Wildman–Crippen LogP) is 2.79. The molecule has 1 N–H and O–H groups in total. The summed E-state index contributed by atoms with van der Waals surface area (Å²) in [5, 5.41) is 2.94. The molecule has 0 aromatic heterocycles. The van der Waals surface area contributed by atoms with Gasteiger partial charge in [0.25, 0.3) is 5.91 Å². The largest absolute Gasteiger partial charge is 0.462 e. The van der Waals surface area contributed by atoms with Crippen molar-refractivity contribution in [2.45, 2.75) is 24.7 Å². The van der Waals surface area contributed by atoms with E-state index < -0.39 is 18.6 Å². The van der Waals surface area contributed by atoms with Crippen LogP contribution in [0.15, 0.2) is 72.5 Å². The first-order valence-corrected chi connectivity index (χ1v) is 8.83. The van der Waals surface area contributed by atoms with Crippen molar-refractivity contribution in [3.05, 3.63) is 83.6 Å². The zero-order valence-corrected chi connectivity index (χ0v) is 14.9. The van der Waals surface area contributed by atoms with Crippen LogP contribution in [-0.4, -0.2) is 38.1 Å². The maximum Gasteiger partial charge on any atom is 0.251 e. The van der Waals surface area contributed by atoms with Crippen LogP contribution in [0.5, 0.6) is 0 Å². The standard InChI is InChI=1S/C21H21NO5/c1-24-21-16(22-19(23)14-8-4-2-5-9-14)12-17-18(27-21)13-25-20(26-17)15-10-6-3-7-11-15/h2-12,16,18,20-21H,13H2,1H3,(H,22,23)/t16-,18-,20-,21+/m0/s1. The molecular weight excluding hydrogens is 346 g/mol. The molecule has 140 valence electrons. The van der Waals surface area contributed by atoms with E-state index in [2.05, 4.69) is 5.32 Å². The van der Waals surface area contributed by atoms with Gasteiger partial charge in [-0.2, -0.15) is 0 Å². The number of rotatable bonds is 4. The molecule has 6 nitrogen and oxygen atoms in total. The van der Waals surface area contributed by atoms with Gasteiger partial charge in [-0.15, -0.1) is 0 Å². The van der Waals surface area contributed by atoms with Crippen LogP contribution in [0.1, 0.15) is 22.2 Å². The van der Waals surface area contributed by atoms with Crippen molar-refractivity contribution >= 4 is 5.91 Å². The fraction of sp³-hybridized carbons (Fsp3) is 0.286. The highest BCUT2D eigenvalue weighted by atomic mass is 16.7. The first-order valence-electron chi connectivity index (χ1n) is 8.83. The third kappa shape index (κ3) is 3.88. The minimum Gasteiger partial charge on any atom is -0.462 e. The molecule has 0 bridgehead atoms. The van der Waals surface area contributed by atoms with Crippen LogP contribution >= 0.6 is 0 Å². The molecule has 0 unspecified atom stereocenters. The van der Waals surface area contributed by atoms with Gasteiger partial charge in [0.05, 0.1) is 6.61 Å². The van der Waals surface area contributed by atoms with Gasteiger partial charge in [-0.1, -0.05) is 48.5 Å². The highest BCUT2D eigenvalue weighted by Gasteiger charge is 2.38. The number of nitrogens with one attached hydrogen (secondary N) is 1. The van der Waals surface area contributed by atoms with Gasteiger partial charge in [0.15, 0.2) is 6.29 Å². The lowest BCUT2D eigenvalue weighted by molar-refractivity contribution is -0.246. The number of amides is 1. The first kappa shape index (κ1) is 17.7. The van der Waals surface area contributed by atoms with Crippen LogP contribution in [0.3, 0.4) is 0 Å². The number of hydrogen-bond donors (Lipinski definition) is 1. The Balaban J connectivity index is 1.52. The normalized spacial score (nSPS) is 27.1. The van der Waals surface area contributed by atoms with Gasteiger partial charge in [0.2, 0.25) is 6.29 Å². The lowest BCUT2D eigenvalue weighted by Gasteiger charge is -2.39. The summed E-state index contributed by atoms with van der Waals surface area (Å²) in [5.74, 6) is 0.440.